The van der Waals surface area contributed by atoms with Crippen LogP contribution in [0.4, 0.5) is 0 Å². The molecular weight excluding hydrogens is 272 g/mol. The Morgan fingerprint density at radius 3 is 2.71 bits per heavy atom. The van der Waals surface area contributed by atoms with Crippen molar-refractivity contribution in [1.29, 1.82) is 0 Å². The van der Waals surface area contributed by atoms with Gasteiger partial charge in [-0.15, -0.1) is 0 Å². The van der Waals surface area contributed by atoms with Gasteiger partial charge in [-0.1, -0.05) is 0 Å². The molecule has 0 radical (unpaired) electrons. The predicted octanol–water partition coefficient (Wildman–Crippen LogP) is 2.62. The molecule has 5 heteroatoms. The highest BCUT2D eigenvalue weighted by atomic mass is 16.4. The third-order valence-corrected chi connectivity index (χ3v) is 3.38. The van der Waals surface area contributed by atoms with Crippen LogP contribution in [0.15, 0.2) is 45.6 Å². The molecule has 0 fully saturated rings. The van der Waals surface area contributed by atoms with E-state index in [1.807, 2.05) is 0 Å². The molecule has 106 valence electrons. The Bertz CT molecular complexity index is 862. The average molecular weight is 284 g/mol. The normalized spacial score (nSPS) is 11.0. The van der Waals surface area contributed by atoms with E-state index < -0.39 is 5.97 Å². The van der Waals surface area contributed by atoms with Gasteiger partial charge in [0.05, 0.1) is 0 Å². The molecule has 0 bridgehead atoms. The van der Waals surface area contributed by atoms with Gasteiger partial charge in [-0.2, -0.15) is 0 Å². The second kappa shape index (κ2) is 4.94. The number of aryl methyl sites for hydroxylation is 1. The summed E-state index contributed by atoms with van der Waals surface area (Å²) in [4.78, 5) is 22.3. The van der Waals surface area contributed by atoms with Gasteiger partial charge in [0.1, 0.15) is 17.1 Å². The predicted molar refractivity (Wildman–Crippen MR) is 76.7 cm³/mol. The fourth-order valence-electron chi connectivity index (χ4n) is 2.45. The van der Waals surface area contributed by atoms with Crippen molar-refractivity contribution in [1.82, 2.24) is 0 Å². The third kappa shape index (κ3) is 2.45. The molecular formula is C16H12O5. The molecule has 0 atom stereocenters. The van der Waals surface area contributed by atoms with Crippen molar-refractivity contribution in [2.75, 3.05) is 0 Å². The van der Waals surface area contributed by atoms with Crippen molar-refractivity contribution in [3.05, 3.63) is 52.2 Å². The monoisotopic (exact) mass is 284 g/mol. The number of hydrogen-bond acceptors (Lipinski definition) is 4. The molecule has 21 heavy (non-hydrogen) atoms. The van der Waals surface area contributed by atoms with Gasteiger partial charge < -0.3 is 14.6 Å². The maximum Gasteiger partial charge on any atom is 0.303 e. The van der Waals surface area contributed by atoms with Gasteiger partial charge >= 0.3 is 5.97 Å². The number of fused-ring (bicyclic) bond motifs is 2. The first-order valence-corrected chi connectivity index (χ1v) is 6.45. The molecule has 1 aromatic rings. The van der Waals surface area contributed by atoms with E-state index in [4.69, 9.17) is 9.52 Å². The van der Waals surface area contributed by atoms with Crippen LogP contribution < -0.4 is 5.43 Å². The zero-order valence-corrected chi connectivity index (χ0v) is 11.0. The molecule has 0 saturated heterocycles. The summed E-state index contributed by atoms with van der Waals surface area (Å²) in [5.74, 6) is -0.453. The molecule has 5 nitrogen and oxygen atoms in total. The minimum Gasteiger partial charge on any atom is -0.508 e. The van der Waals surface area contributed by atoms with Crippen LogP contribution in [0.5, 0.6) is 5.75 Å². The summed E-state index contributed by atoms with van der Waals surface area (Å²) < 4.78 is 5.65. The first kappa shape index (κ1) is 13.2. The maximum atomic E-state index is 11.5. The van der Waals surface area contributed by atoms with E-state index in [2.05, 4.69) is 0 Å². The maximum absolute atomic E-state index is 11.5. The number of phenols is 1. The Morgan fingerprint density at radius 1 is 1.14 bits per heavy atom. The Hall–Kier alpha value is -2.82. The molecule has 0 amide bonds. The zero-order chi connectivity index (χ0) is 15.0. The summed E-state index contributed by atoms with van der Waals surface area (Å²) in [5, 5.41) is 19.2. The van der Waals surface area contributed by atoms with Gasteiger partial charge in [0.15, 0.2) is 5.43 Å². The molecule has 0 spiro atoms. The highest BCUT2D eigenvalue weighted by molar-refractivity contribution is 5.89. The summed E-state index contributed by atoms with van der Waals surface area (Å²) in [5.41, 5.74) is 1.76. The SMILES string of the molecule is O=C(O)CCc1c2ccc(=O)cc-2oc2cc(O)ccc12. The fraction of sp³-hybridized carbons (Fsp3) is 0.125. The van der Waals surface area contributed by atoms with Crippen molar-refractivity contribution < 1.29 is 19.4 Å². The summed E-state index contributed by atoms with van der Waals surface area (Å²) in [6.45, 7) is 0. The van der Waals surface area contributed by atoms with Crippen LogP contribution in [0.2, 0.25) is 0 Å². The van der Waals surface area contributed by atoms with Crippen LogP contribution in [0.1, 0.15) is 12.0 Å². The highest BCUT2D eigenvalue weighted by Gasteiger charge is 2.16. The van der Waals surface area contributed by atoms with Crippen LogP contribution in [0.3, 0.4) is 0 Å². The lowest BCUT2D eigenvalue weighted by Crippen LogP contribution is -2.04. The second-order valence-electron chi connectivity index (χ2n) is 4.81. The Morgan fingerprint density at radius 2 is 1.95 bits per heavy atom. The third-order valence-electron chi connectivity index (χ3n) is 3.38. The number of aromatic hydroxyl groups is 1. The van der Waals surface area contributed by atoms with E-state index in [9.17, 15) is 14.7 Å². The Kier molecular flexibility index (Phi) is 3.10. The number of hydrogen-bond donors (Lipinski definition) is 2. The van der Waals surface area contributed by atoms with Gasteiger partial charge in [-0.3, -0.25) is 9.59 Å². The van der Waals surface area contributed by atoms with Crippen molar-refractivity contribution in [3.63, 3.8) is 0 Å². The number of benzene rings is 2. The van der Waals surface area contributed by atoms with Crippen molar-refractivity contribution in [3.8, 4) is 17.1 Å². The van der Waals surface area contributed by atoms with E-state index in [1.54, 1.807) is 12.1 Å². The lowest BCUT2D eigenvalue weighted by atomic mass is 9.96. The first-order chi connectivity index (χ1) is 10.0. The van der Waals surface area contributed by atoms with Crippen LogP contribution in [0, 0.1) is 0 Å². The smallest absolute Gasteiger partial charge is 0.303 e. The Labute approximate surface area is 119 Å². The number of rotatable bonds is 3. The summed E-state index contributed by atoms with van der Waals surface area (Å²) in [6.07, 6.45) is 0.301. The lowest BCUT2D eigenvalue weighted by Gasteiger charge is -2.14. The number of carbonyl (C=O) groups is 1. The van der Waals surface area contributed by atoms with Crippen molar-refractivity contribution in [2.45, 2.75) is 12.8 Å². The molecule has 0 saturated carbocycles. The molecule has 0 aromatic heterocycles. The molecule has 1 aromatic carbocycles. The average Bonchev–Trinajstić information content (AvgIpc) is 2.42. The fourth-order valence-corrected chi connectivity index (χ4v) is 2.45. The topological polar surface area (TPSA) is 87.7 Å². The largest absolute Gasteiger partial charge is 0.508 e. The van der Waals surface area contributed by atoms with E-state index in [-0.39, 0.29) is 17.6 Å². The van der Waals surface area contributed by atoms with Crippen molar-refractivity contribution in [2.24, 2.45) is 0 Å². The van der Waals surface area contributed by atoms with Crippen LogP contribution in [-0.4, -0.2) is 16.2 Å². The van der Waals surface area contributed by atoms with Crippen LogP contribution in [-0.2, 0) is 11.2 Å². The van der Waals surface area contributed by atoms with Crippen LogP contribution >= 0.6 is 0 Å². The molecule has 0 unspecified atom stereocenters. The van der Waals surface area contributed by atoms with E-state index in [0.717, 1.165) is 10.9 Å². The highest BCUT2D eigenvalue weighted by Crippen LogP contribution is 2.34. The minimum absolute atomic E-state index is 0.0196. The zero-order valence-electron chi connectivity index (χ0n) is 11.0. The number of carboxylic acid groups (broad SMARTS) is 1. The summed E-state index contributed by atoms with van der Waals surface area (Å²) in [7, 11) is 0. The molecule has 1 heterocycles. The van der Waals surface area contributed by atoms with Crippen molar-refractivity contribution >= 4 is 16.9 Å². The van der Waals surface area contributed by atoms with Gasteiger partial charge in [0.2, 0.25) is 0 Å². The molecule has 2 N–H and O–H groups in total. The lowest BCUT2D eigenvalue weighted by molar-refractivity contribution is -0.136. The molecule has 1 aliphatic heterocycles. The number of phenolic OH excluding ortho intramolecular Hbond substituents is 1. The second-order valence-corrected chi connectivity index (χ2v) is 4.81. The molecule has 1 aliphatic carbocycles. The van der Waals surface area contributed by atoms with E-state index >= 15 is 0 Å². The number of carboxylic acids is 1. The van der Waals surface area contributed by atoms with Crippen LogP contribution in [0.25, 0.3) is 22.3 Å². The number of aliphatic carboxylic acids is 1. The van der Waals surface area contributed by atoms with Gasteiger partial charge in [0.25, 0.3) is 0 Å². The summed E-state index contributed by atoms with van der Waals surface area (Å²) >= 11 is 0. The summed E-state index contributed by atoms with van der Waals surface area (Å²) in [6, 6.07) is 9.10. The quantitative estimate of drug-likeness (QED) is 0.722. The van der Waals surface area contributed by atoms with E-state index in [0.29, 0.717) is 23.3 Å². The first-order valence-electron chi connectivity index (χ1n) is 6.45. The van der Waals surface area contributed by atoms with Gasteiger partial charge in [-0.25, -0.2) is 0 Å². The standard InChI is InChI=1S/C16H12O5/c17-9-1-3-12-11(5-6-16(19)20)13-4-2-10(18)8-15(13)21-14(12)7-9/h1-4,7-8,17H,5-6H2,(H,19,20). The van der Waals surface area contributed by atoms with Gasteiger partial charge in [0, 0.05) is 29.5 Å². The molecule has 2 aliphatic rings. The minimum atomic E-state index is -0.892. The van der Waals surface area contributed by atoms with E-state index in [1.165, 1.54) is 24.3 Å². The molecule has 3 rings (SSSR count). The Balaban J connectivity index is 2.32. The van der Waals surface area contributed by atoms with Gasteiger partial charge in [-0.05, 0) is 36.2 Å².